The van der Waals surface area contributed by atoms with Gasteiger partial charge in [0.1, 0.15) is 30.3 Å². The molecule has 0 fully saturated rings. The Morgan fingerprint density at radius 1 is 0.969 bits per heavy atom. The highest BCUT2D eigenvalue weighted by atomic mass is 16.5. The predicted octanol–water partition coefficient (Wildman–Crippen LogP) is 4.49. The molecule has 170 valence electrons. The van der Waals surface area contributed by atoms with Crippen molar-refractivity contribution in [2.75, 3.05) is 20.3 Å². The van der Waals surface area contributed by atoms with E-state index in [0.717, 1.165) is 0 Å². The van der Waals surface area contributed by atoms with Crippen molar-refractivity contribution in [2.45, 2.75) is 34.1 Å². The Balaban J connectivity index is 1.97. The van der Waals surface area contributed by atoms with Gasteiger partial charge in [0.2, 0.25) is 0 Å². The van der Waals surface area contributed by atoms with Crippen molar-refractivity contribution in [1.82, 2.24) is 0 Å². The van der Waals surface area contributed by atoms with E-state index in [1.54, 1.807) is 31.2 Å². The fourth-order valence-corrected chi connectivity index (χ4v) is 2.98. The van der Waals surface area contributed by atoms with Crippen LogP contribution in [0.25, 0.3) is 0 Å². The zero-order valence-electron chi connectivity index (χ0n) is 18.9. The molecule has 2 aromatic rings. The molecule has 7 nitrogen and oxygen atoms in total. The van der Waals surface area contributed by atoms with Gasteiger partial charge >= 0.3 is 5.97 Å². The van der Waals surface area contributed by atoms with E-state index in [4.69, 9.17) is 14.2 Å². The highest BCUT2D eigenvalue weighted by Crippen LogP contribution is 2.33. The summed E-state index contributed by atoms with van der Waals surface area (Å²) in [4.78, 5) is 23.7. The smallest absolute Gasteiger partial charge is 0.339 e. The third-order valence-electron chi connectivity index (χ3n) is 4.51. The van der Waals surface area contributed by atoms with E-state index >= 15 is 0 Å². The Labute approximate surface area is 187 Å². The quantitative estimate of drug-likeness (QED) is 0.461. The molecule has 2 N–H and O–H groups in total. The summed E-state index contributed by atoms with van der Waals surface area (Å²) < 4.78 is 16.2. The van der Waals surface area contributed by atoms with Gasteiger partial charge in [-0.3, -0.25) is 4.79 Å². The van der Waals surface area contributed by atoms with Crippen LogP contribution in [0.4, 0.5) is 0 Å². The topological polar surface area (TPSA) is 102 Å². The summed E-state index contributed by atoms with van der Waals surface area (Å²) >= 11 is 0. The zero-order chi connectivity index (χ0) is 23.9. The Hall–Kier alpha value is -3.66. The van der Waals surface area contributed by atoms with Crippen molar-refractivity contribution >= 4 is 11.8 Å². The molecule has 0 radical (unpaired) electrons. The highest BCUT2D eigenvalue weighted by Gasteiger charge is 2.21. The number of aromatic carboxylic acids is 1. The number of hydrogen-bond acceptors (Lipinski definition) is 6. The SMILES string of the molecule is COc1c(OCC#CCOc2ccc(C(=O)CC(C)(C)C)c(O)c2C)cccc1C(=O)O. The fourth-order valence-electron chi connectivity index (χ4n) is 2.98. The molecule has 2 rings (SSSR count). The number of carboxylic acid groups (broad SMARTS) is 1. The maximum Gasteiger partial charge on any atom is 0.339 e. The molecule has 0 saturated carbocycles. The van der Waals surface area contributed by atoms with E-state index in [-0.39, 0.29) is 52.8 Å². The maximum absolute atomic E-state index is 12.4. The Morgan fingerprint density at radius 2 is 1.59 bits per heavy atom. The second-order valence-corrected chi connectivity index (χ2v) is 8.32. The van der Waals surface area contributed by atoms with Crippen molar-refractivity contribution in [3.05, 3.63) is 47.0 Å². The van der Waals surface area contributed by atoms with Crippen molar-refractivity contribution in [2.24, 2.45) is 5.41 Å². The van der Waals surface area contributed by atoms with Crippen LogP contribution >= 0.6 is 0 Å². The van der Waals surface area contributed by atoms with Crippen LogP contribution in [0.5, 0.6) is 23.0 Å². The standard InChI is InChI=1S/C25H28O7/c1-16-20(12-11-17(22(16)27)19(26)15-25(2,3)4)31-13-6-7-14-32-21-10-8-9-18(24(28)29)23(21)30-5/h8-12,27H,13-15H2,1-5H3,(H,28,29). The van der Waals surface area contributed by atoms with E-state index < -0.39 is 5.97 Å². The molecule has 0 aliphatic carbocycles. The number of carbonyl (C=O) groups is 2. The van der Waals surface area contributed by atoms with Gasteiger partial charge in [-0.15, -0.1) is 0 Å². The van der Waals surface area contributed by atoms with Gasteiger partial charge in [-0.25, -0.2) is 4.79 Å². The molecule has 2 aromatic carbocycles. The molecule has 0 saturated heterocycles. The molecule has 7 heteroatoms. The molecule has 0 aliphatic rings. The first-order chi connectivity index (χ1) is 15.0. The van der Waals surface area contributed by atoms with Crippen LogP contribution in [0.1, 0.15) is 53.5 Å². The van der Waals surface area contributed by atoms with Gasteiger partial charge in [-0.1, -0.05) is 38.7 Å². The first-order valence-electron chi connectivity index (χ1n) is 10.0. The number of para-hydroxylation sites is 1. The highest BCUT2D eigenvalue weighted by molar-refractivity contribution is 5.99. The van der Waals surface area contributed by atoms with Gasteiger partial charge in [0.05, 0.1) is 12.7 Å². The van der Waals surface area contributed by atoms with Crippen LogP contribution in [-0.2, 0) is 0 Å². The van der Waals surface area contributed by atoms with Gasteiger partial charge < -0.3 is 24.4 Å². The lowest BCUT2D eigenvalue weighted by molar-refractivity contribution is 0.0692. The Bertz CT molecular complexity index is 1050. The van der Waals surface area contributed by atoms with Crippen molar-refractivity contribution in [1.29, 1.82) is 0 Å². The van der Waals surface area contributed by atoms with Crippen LogP contribution in [0.2, 0.25) is 0 Å². The molecule has 0 atom stereocenters. The first kappa shape index (κ1) is 24.6. The van der Waals surface area contributed by atoms with Crippen LogP contribution < -0.4 is 14.2 Å². The molecule has 0 heterocycles. The maximum atomic E-state index is 12.4. The van der Waals surface area contributed by atoms with E-state index in [9.17, 15) is 19.8 Å². The second kappa shape index (κ2) is 10.6. The normalized spacial score (nSPS) is 10.7. The van der Waals surface area contributed by atoms with E-state index in [1.807, 2.05) is 20.8 Å². The van der Waals surface area contributed by atoms with Crippen LogP contribution in [-0.4, -0.2) is 42.3 Å². The number of Topliss-reactive ketones (excluding diaryl/α,β-unsaturated/α-hetero) is 1. The van der Waals surface area contributed by atoms with Crippen LogP contribution in [0.15, 0.2) is 30.3 Å². The number of ether oxygens (including phenoxy) is 3. The van der Waals surface area contributed by atoms with Crippen LogP contribution in [0, 0.1) is 24.2 Å². The molecule has 0 spiro atoms. The molecule has 0 aromatic heterocycles. The lowest BCUT2D eigenvalue weighted by Gasteiger charge is -2.18. The monoisotopic (exact) mass is 440 g/mol. The lowest BCUT2D eigenvalue weighted by Crippen LogP contribution is -2.13. The summed E-state index contributed by atoms with van der Waals surface area (Å²) in [6, 6.07) is 7.78. The third kappa shape index (κ3) is 6.42. The second-order valence-electron chi connectivity index (χ2n) is 8.32. The first-order valence-corrected chi connectivity index (χ1v) is 10.0. The number of phenols is 1. The molecule has 0 bridgehead atoms. The summed E-state index contributed by atoms with van der Waals surface area (Å²) in [6.07, 6.45) is 0.325. The number of aromatic hydroxyl groups is 1. The number of methoxy groups -OCH3 is 1. The van der Waals surface area contributed by atoms with Crippen molar-refractivity contribution in [3.63, 3.8) is 0 Å². The minimum absolute atomic E-state index is 0.000930. The summed E-state index contributed by atoms with van der Waals surface area (Å²) in [5.41, 5.74) is 0.573. The van der Waals surface area contributed by atoms with E-state index in [1.165, 1.54) is 13.2 Å². The Kier molecular flexibility index (Phi) is 8.14. The number of benzene rings is 2. The third-order valence-corrected chi connectivity index (χ3v) is 4.51. The van der Waals surface area contributed by atoms with Crippen molar-refractivity contribution < 1.29 is 34.0 Å². The van der Waals surface area contributed by atoms with Gasteiger partial charge in [0, 0.05) is 12.0 Å². The van der Waals surface area contributed by atoms with Gasteiger partial charge in [-0.2, -0.15) is 0 Å². The molecule has 0 unspecified atom stereocenters. The predicted molar refractivity (Wildman–Crippen MR) is 120 cm³/mol. The fraction of sp³-hybridized carbons (Fsp3) is 0.360. The minimum Gasteiger partial charge on any atom is -0.507 e. The zero-order valence-corrected chi connectivity index (χ0v) is 18.9. The number of carboxylic acids is 1. The number of rotatable bonds is 8. The molecular weight excluding hydrogens is 412 g/mol. The van der Waals surface area contributed by atoms with E-state index in [0.29, 0.717) is 17.7 Å². The summed E-state index contributed by atoms with van der Waals surface area (Å²) in [5, 5.41) is 19.6. The van der Waals surface area contributed by atoms with Gasteiger partial charge in [0.25, 0.3) is 0 Å². The summed E-state index contributed by atoms with van der Waals surface area (Å²) in [5.74, 6) is 5.09. The number of phenolic OH excluding ortho intramolecular Hbond substituents is 1. The molecular formula is C25H28O7. The van der Waals surface area contributed by atoms with Crippen LogP contribution in [0.3, 0.4) is 0 Å². The van der Waals surface area contributed by atoms with Crippen molar-refractivity contribution in [3.8, 4) is 34.8 Å². The molecule has 0 aliphatic heterocycles. The largest absolute Gasteiger partial charge is 0.507 e. The van der Waals surface area contributed by atoms with E-state index in [2.05, 4.69) is 11.8 Å². The average Bonchev–Trinajstić information content (AvgIpc) is 2.71. The summed E-state index contributed by atoms with van der Waals surface area (Å²) in [6.45, 7) is 7.63. The molecule has 0 amide bonds. The van der Waals surface area contributed by atoms with Gasteiger partial charge in [-0.05, 0) is 36.6 Å². The summed E-state index contributed by atoms with van der Waals surface area (Å²) in [7, 11) is 1.37. The lowest BCUT2D eigenvalue weighted by atomic mass is 9.87. The minimum atomic E-state index is -1.11. The number of carbonyl (C=O) groups excluding carboxylic acids is 1. The average molecular weight is 440 g/mol. The Morgan fingerprint density at radius 3 is 2.16 bits per heavy atom. The number of hydrogen-bond donors (Lipinski definition) is 2. The van der Waals surface area contributed by atoms with Gasteiger partial charge in [0.15, 0.2) is 17.3 Å². The molecule has 32 heavy (non-hydrogen) atoms. The number of ketones is 1.